The molecular weight excluding hydrogens is 290 g/mol. The van der Waals surface area contributed by atoms with E-state index >= 15 is 0 Å². The van der Waals surface area contributed by atoms with E-state index in [1.54, 1.807) is 0 Å². The van der Waals surface area contributed by atoms with Crippen molar-refractivity contribution in [2.24, 2.45) is 17.4 Å². The van der Waals surface area contributed by atoms with Crippen molar-refractivity contribution in [2.75, 3.05) is 13.1 Å². The van der Waals surface area contributed by atoms with E-state index in [0.717, 1.165) is 12.8 Å². The van der Waals surface area contributed by atoms with E-state index < -0.39 is 15.9 Å². The van der Waals surface area contributed by atoms with E-state index in [9.17, 15) is 13.2 Å². The van der Waals surface area contributed by atoms with Crippen LogP contribution in [0.1, 0.15) is 30.1 Å². The molecule has 7 heteroatoms. The molecule has 1 saturated heterocycles. The molecule has 6 nitrogen and oxygen atoms in total. The van der Waals surface area contributed by atoms with Gasteiger partial charge in [-0.3, -0.25) is 4.79 Å². The van der Waals surface area contributed by atoms with E-state index in [0.29, 0.717) is 13.1 Å². The fraction of sp³-hybridized carbons (Fsp3) is 0.500. The molecule has 2 atom stereocenters. The standard InChI is InChI=1S/C14H21N3O3S/c1-10(15)12-5-3-7-17(9-12)21(19,20)13-6-2-4-11(8-13)14(16)18/h2,4,6,8,10,12H,3,5,7,9,15H2,1H3,(H2,16,18). The summed E-state index contributed by atoms with van der Waals surface area (Å²) in [4.78, 5) is 11.3. The van der Waals surface area contributed by atoms with Crippen LogP contribution in [-0.4, -0.2) is 37.8 Å². The maximum absolute atomic E-state index is 12.7. The van der Waals surface area contributed by atoms with Crippen LogP contribution < -0.4 is 11.5 Å². The van der Waals surface area contributed by atoms with Crippen LogP contribution in [0.3, 0.4) is 0 Å². The average molecular weight is 311 g/mol. The first kappa shape index (κ1) is 15.9. The molecule has 1 heterocycles. The van der Waals surface area contributed by atoms with Gasteiger partial charge in [0.1, 0.15) is 0 Å². The summed E-state index contributed by atoms with van der Waals surface area (Å²) in [6.07, 6.45) is 1.73. The second-order valence-corrected chi connectivity index (χ2v) is 7.45. The van der Waals surface area contributed by atoms with Crippen molar-refractivity contribution in [3.8, 4) is 0 Å². The van der Waals surface area contributed by atoms with Crippen molar-refractivity contribution in [1.82, 2.24) is 4.31 Å². The number of benzene rings is 1. The molecule has 1 fully saturated rings. The minimum Gasteiger partial charge on any atom is -0.366 e. The van der Waals surface area contributed by atoms with E-state index in [-0.39, 0.29) is 22.4 Å². The zero-order valence-corrected chi connectivity index (χ0v) is 12.8. The first-order valence-corrected chi connectivity index (χ1v) is 8.42. The largest absolute Gasteiger partial charge is 0.366 e. The Hall–Kier alpha value is -1.44. The molecule has 0 aromatic heterocycles. The highest BCUT2D eigenvalue weighted by molar-refractivity contribution is 7.89. The van der Waals surface area contributed by atoms with Crippen LogP contribution in [0.2, 0.25) is 0 Å². The van der Waals surface area contributed by atoms with Crippen molar-refractivity contribution in [2.45, 2.75) is 30.7 Å². The van der Waals surface area contributed by atoms with Gasteiger partial charge in [0, 0.05) is 24.7 Å². The number of piperidine rings is 1. The topological polar surface area (TPSA) is 106 Å². The van der Waals surface area contributed by atoms with Gasteiger partial charge in [-0.1, -0.05) is 6.07 Å². The molecule has 1 aliphatic heterocycles. The first-order chi connectivity index (χ1) is 9.82. The van der Waals surface area contributed by atoms with Crippen LogP contribution in [0, 0.1) is 5.92 Å². The van der Waals surface area contributed by atoms with Crippen LogP contribution in [0.15, 0.2) is 29.2 Å². The van der Waals surface area contributed by atoms with Crippen LogP contribution >= 0.6 is 0 Å². The lowest BCUT2D eigenvalue weighted by Crippen LogP contribution is -2.44. The maximum Gasteiger partial charge on any atom is 0.248 e. The summed E-state index contributed by atoms with van der Waals surface area (Å²) in [7, 11) is -3.61. The molecular formula is C14H21N3O3S. The highest BCUT2D eigenvalue weighted by atomic mass is 32.2. The van der Waals surface area contributed by atoms with E-state index in [4.69, 9.17) is 11.5 Å². The number of hydrogen-bond acceptors (Lipinski definition) is 4. The van der Waals surface area contributed by atoms with Crippen molar-refractivity contribution in [3.05, 3.63) is 29.8 Å². The van der Waals surface area contributed by atoms with Crippen molar-refractivity contribution >= 4 is 15.9 Å². The molecule has 0 radical (unpaired) electrons. The Kier molecular flexibility index (Phi) is 4.65. The molecule has 1 aromatic rings. The Balaban J connectivity index is 2.29. The summed E-state index contributed by atoms with van der Waals surface area (Å²) in [5.74, 6) is -0.480. The lowest BCUT2D eigenvalue weighted by atomic mass is 9.93. The second kappa shape index (κ2) is 6.13. The number of carbonyl (C=O) groups excluding carboxylic acids is 1. The zero-order valence-electron chi connectivity index (χ0n) is 12.0. The Morgan fingerprint density at radius 1 is 1.43 bits per heavy atom. The van der Waals surface area contributed by atoms with Crippen molar-refractivity contribution in [1.29, 1.82) is 0 Å². The maximum atomic E-state index is 12.7. The van der Waals surface area contributed by atoms with Crippen LogP contribution in [0.5, 0.6) is 0 Å². The molecule has 4 N–H and O–H groups in total. The number of amides is 1. The van der Waals surface area contributed by atoms with Crippen LogP contribution in [0.25, 0.3) is 0 Å². The molecule has 1 amide bonds. The predicted octanol–water partition coefficient (Wildman–Crippen LogP) is 0.533. The molecule has 0 spiro atoms. The molecule has 21 heavy (non-hydrogen) atoms. The molecule has 2 unspecified atom stereocenters. The average Bonchev–Trinajstić information content (AvgIpc) is 2.47. The highest BCUT2D eigenvalue weighted by Crippen LogP contribution is 2.25. The minimum atomic E-state index is -3.61. The normalized spacial score (nSPS) is 21.9. The van der Waals surface area contributed by atoms with Crippen LogP contribution in [0.4, 0.5) is 0 Å². The van der Waals surface area contributed by atoms with Gasteiger partial charge < -0.3 is 11.5 Å². The fourth-order valence-corrected chi connectivity index (χ4v) is 4.16. The molecule has 2 rings (SSSR count). The number of nitrogens with zero attached hydrogens (tertiary/aromatic N) is 1. The Morgan fingerprint density at radius 3 is 2.76 bits per heavy atom. The van der Waals surface area contributed by atoms with Gasteiger partial charge in [-0.05, 0) is 43.9 Å². The number of rotatable bonds is 4. The molecule has 0 aliphatic carbocycles. The van der Waals surface area contributed by atoms with Gasteiger partial charge >= 0.3 is 0 Å². The van der Waals surface area contributed by atoms with Gasteiger partial charge in [-0.2, -0.15) is 4.31 Å². The second-order valence-electron chi connectivity index (χ2n) is 5.52. The third-order valence-electron chi connectivity index (χ3n) is 3.92. The zero-order chi connectivity index (χ0) is 15.6. The summed E-state index contributed by atoms with van der Waals surface area (Å²) in [5, 5.41) is 0. The number of hydrogen-bond donors (Lipinski definition) is 2. The molecule has 1 aliphatic rings. The monoisotopic (exact) mass is 311 g/mol. The lowest BCUT2D eigenvalue weighted by molar-refractivity contribution is 0.1000. The smallest absolute Gasteiger partial charge is 0.248 e. The third kappa shape index (κ3) is 3.42. The summed E-state index contributed by atoms with van der Waals surface area (Å²) >= 11 is 0. The first-order valence-electron chi connectivity index (χ1n) is 6.98. The van der Waals surface area contributed by atoms with Gasteiger partial charge in [0.15, 0.2) is 0 Å². The lowest BCUT2D eigenvalue weighted by Gasteiger charge is -2.33. The highest BCUT2D eigenvalue weighted by Gasteiger charge is 2.31. The van der Waals surface area contributed by atoms with Gasteiger partial charge in [-0.15, -0.1) is 0 Å². The quantitative estimate of drug-likeness (QED) is 0.846. The van der Waals surface area contributed by atoms with Gasteiger partial charge in [0.25, 0.3) is 0 Å². The molecule has 0 saturated carbocycles. The third-order valence-corrected chi connectivity index (χ3v) is 5.78. The Morgan fingerprint density at radius 2 is 2.14 bits per heavy atom. The number of carbonyl (C=O) groups is 1. The Bertz CT molecular complexity index is 628. The number of sulfonamides is 1. The molecule has 116 valence electrons. The number of primary amides is 1. The summed E-state index contributed by atoms with van der Waals surface area (Å²) in [5.41, 5.74) is 11.3. The van der Waals surface area contributed by atoms with E-state index in [1.165, 1.54) is 28.6 Å². The predicted molar refractivity (Wildman–Crippen MR) is 80.1 cm³/mol. The Labute approximate surface area is 125 Å². The van der Waals surface area contributed by atoms with Gasteiger partial charge in [0.2, 0.25) is 15.9 Å². The van der Waals surface area contributed by atoms with Crippen molar-refractivity contribution < 1.29 is 13.2 Å². The summed E-state index contributed by atoms with van der Waals surface area (Å²) < 4.78 is 26.8. The summed E-state index contributed by atoms with van der Waals surface area (Å²) in [6.45, 7) is 2.79. The van der Waals surface area contributed by atoms with Crippen LogP contribution in [-0.2, 0) is 10.0 Å². The minimum absolute atomic E-state index is 0.0417. The van der Waals surface area contributed by atoms with Crippen molar-refractivity contribution in [3.63, 3.8) is 0 Å². The number of nitrogens with two attached hydrogens (primary N) is 2. The fourth-order valence-electron chi connectivity index (χ4n) is 2.58. The molecule has 1 aromatic carbocycles. The molecule has 0 bridgehead atoms. The van der Waals surface area contributed by atoms with Gasteiger partial charge in [-0.25, -0.2) is 8.42 Å². The van der Waals surface area contributed by atoms with Gasteiger partial charge in [0.05, 0.1) is 4.90 Å². The SMILES string of the molecule is CC(N)C1CCCN(S(=O)(=O)c2cccc(C(N)=O)c2)C1. The van der Waals surface area contributed by atoms with E-state index in [1.807, 2.05) is 6.92 Å². The summed E-state index contributed by atoms with van der Waals surface area (Å²) in [6, 6.07) is 5.80. The van der Waals surface area contributed by atoms with E-state index in [2.05, 4.69) is 0 Å².